The molecular formula is C15H16N2O3. The standard InChI is InChI=1S/C15H16N2O3/c1-2-16-13-9-6-10-14(15(13)17(18)19)20-11-12-7-4-3-5-8-12/h3-10,16H,2,11H2,1H3. The van der Waals surface area contributed by atoms with Crippen molar-refractivity contribution in [1.29, 1.82) is 0 Å². The van der Waals surface area contributed by atoms with Crippen molar-refractivity contribution in [3.8, 4) is 5.75 Å². The van der Waals surface area contributed by atoms with Crippen LogP contribution in [0.4, 0.5) is 11.4 Å². The Morgan fingerprint density at radius 3 is 2.55 bits per heavy atom. The molecule has 0 bridgehead atoms. The highest BCUT2D eigenvalue weighted by molar-refractivity contribution is 5.68. The van der Waals surface area contributed by atoms with E-state index in [0.29, 0.717) is 18.8 Å². The summed E-state index contributed by atoms with van der Waals surface area (Å²) in [6.07, 6.45) is 0. The van der Waals surface area contributed by atoms with Crippen LogP contribution in [0.5, 0.6) is 5.75 Å². The molecule has 20 heavy (non-hydrogen) atoms. The van der Waals surface area contributed by atoms with Crippen LogP contribution in [0.3, 0.4) is 0 Å². The lowest BCUT2D eigenvalue weighted by atomic mass is 10.2. The Morgan fingerprint density at radius 1 is 1.15 bits per heavy atom. The van der Waals surface area contributed by atoms with Gasteiger partial charge in [-0.1, -0.05) is 36.4 Å². The highest BCUT2D eigenvalue weighted by Gasteiger charge is 2.20. The quantitative estimate of drug-likeness (QED) is 0.644. The van der Waals surface area contributed by atoms with Crippen LogP contribution in [0, 0.1) is 10.1 Å². The lowest BCUT2D eigenvalue weighted by Crippen LogP contribution is -2.04. The van der Waals surface area contributed by atoms with Crippen molar-refractivity contribution >= 4 is 11.4 Å². The summed E-state index contributed by atoms with van der Waals surface area (Å²) in [6.45, 7) is 2.81. The third-order valence-corrected chi connectivity index (χ3v) is 2.79. The molecule has 0 fully saturated rings. The second-order valence-corrected chi connectivity index (χ2v) is 4.21. The van der Waals surface area contributed by atoms with Crippen LogP contribution in [0.15, 0.2) is 48.5 Å². The van der Waals surface area contributed by atoms with Gasteiger partial charge in [-0.2, -0.15) is 0 Å². The second-order valence-electron chi connectivity index (χ2n) is 4.21. The average molecular weight is 272 g/mol. The fraction of sp³-hybridized carbons (Fsp3) is 0.200. The summed E-state index contributed by atoms with van der Waals surface area (Å²) in [6, 6.07) is 14.6. The summed E-state index contributed by atoms with van der Waals surface area (Å²) in [5.41, 5.74) is 1.42. The summed E-state index contributed by atoms with van der Waals surface area (Å²) < 4.78 is 5.59. The number of nitro benzene ring substituents is 1. The van der Waals surface area contributed by atoms with E-state index in [1.54, 1.807) is 18.2 Å². The molecule has 0 saturated carbocycles. The fourth-order valence-electron chi connectivity index (χ4n) is 1.90. The van der Waals surface area contributed by atoms with E-state index in [1.807, 2.05) is 37.3 Å². The highest BCUT2D eigenvalue weighted by Crippen LogP contribution is 2.35. The number of anilines is 1. The smallest absolute Gasteiger partial charge is 0.333 e. The minimum atomic E-state index is -0.418. The molecule has 0 aliphatic rings. The molecule has 5 nitrogen and oxygen atoms in total. The molecule has 0 aliphatic carbocycles. The van der Waals surface area contributed by atoms with Crippen LogP contribution < -0.4 is 10.1 Å². The van der Waals surface area contributed by atoms with E-state index in [1.165, 1.54) is 0 Å². The fourth-order valence-corrected chi connectivity index (χ4v) is 1.90. The molecule has 104 valence electrons. The van der Waals surface area contributed by atoms with Gasteiger partial charge in [0.2, 0.25) is 0 Å². The highest BCUT2D eigenvalue weighted by atomic mass is 16.6. The molecule has 0 heterocycles. The first-order valence-corrected chi connectivity index (χ1v) is 6.40. The molecule has 0 saturated heterocycles. The van der Waals surface area contributed by atoms with Crippen molar-refractivity contribution < 1.29 is 9.66 Å². The van der Waals surface area contributed by atoms with Crippen molar-refractivity contribution in [3.63, 3.8) is 0 Å². The minimum Gasteiger partial charge on any atom is -0.482 e. The SMILES string of the molecule is CCNc1cccc(OCc2ccccc2)c1[N+](=O)[O-]. The van der Waals surface area contributed by atoms with Crippen LogP contribution in [0.1, 0.15) is 12.5 Å². The van der Waals surface area contributed by atoms with Gasteiger partial charge < -0.3 is 10.1 Å². The van der Waals surface area contributed by atoms with Crippen LogP contribution in [0.25, 0.3) is 0 Å². The number of benzene rings is 2. The number of nitrogens with one attached hydrogen (secondary N) is 1. The molecule has 0 aliphatic heterocycles. The maximum atomic E-state index is 11.2. The van der Waals surface area contributed by atoms with E-state index in [-0.39, 0.29) is 11.4 Å². The number of rotatable bonds is 6. The van der Waals surface area contributed by atoms with E-state index >= 15 is 0 Å². The van der Waals surface area contributed by atoms with Gasteiger partial charge in [0.25, 0.3) is 0 Å². The van der Waals surface area contributed by atoms with E-state index in [2.05, 4.69) is 5.32 Å². The monoisotopic (exact) mass is 272 g/mol. The molecule has 2 aromatic carbocycles. The zero-order valence-corrected chi connectivity index (χ0v) is 11.2. The molecule has 0 atom stereocenters. The first-order valence-electron chi connectivity index (χ1n) is 6.40. The van der Waals surface area contributed by atoms with Gasteiger partial charge in [-0.25, -0.2) is 0 Å². The summed E-state index contributed by atoms with van der Waals surface area (Å²) in [5.74, 6) is 0.275. The molecular weight excluding hydrogens is 256 g/mol. The molecule has 2 aromatic rings. The van der Waals surface area contributed by atoms with Crippen molar-refractivity contribution in [3.05, 3.63) is 64.2 Å². The predicted octanol–water partition coefficient (Wildman–Crippen LogP) is 3.61. The number of hydrogen-bond donors (Lipinski definition) is 1. The summed E-state index contributed by atoms with van der Waals surface area (Å²) in [7, 11) is 0. The van der Waals surface area contributed by atoms with E-state index in [4.69, 9.17) is 4.74 Å². The number of nitrogens with zero attached hydrogens (tertiary/aromatic N) is 1. The van der Waals surface area contributed by atoms with Gasteiger partial charge in [0, 0.05) is 6.54 Å². The van der Waals surface area contributed by atoms with Gasteiger partial charge >= 0.3 is 5.69 Å². The number of hydrogen-bond acceptors (Lipinski definition) is 4. The largest absolute Gasteiger partial charge is 0.482 e. The van der Waals surface area contributed by atoms with Crippen LogP contribution in [0.2, 0.25) is 0 Å². The molecule has 0 spiro atoms. The first-order chi connectivity index (χ1) is 9.72. The molecule has 1 N–H and O–H groups in total. The van der Waals surface area contributed by atoms with Gasteiger partial charge in [-0.3, -0.25) is 10.1 Å². The third kappa shape index (κ3) is 3.26. The van der Waals surface area contributed by atoms with Gasteiger partial charge in [-0.15, -0.1) is 0 Å². The first kappa shape index (κ1) is 13.9. The Labute approximate surface area is 117 Å². The normalized spacial score (nSPS) is 10.1. The van der Waals surface area contributed by atoms with Crippen molar-refractivity contribution in [2.45, 2.75) is 13.5 Å². The molecule has 0 aromatic heterocycles. The molecule has 2 rings (SSSR count). The second kappa shape index (κ2) is 6.56. The van der Waals surface area contributed by atoms with Crippen LogP contribution >= 0.6 is 0 Å². The molecule has 5 heteroatoms. The van der Waals surface area contributed by atoms with Crippen molar-refractivity contribution in [2.24, 2.45) is 0 Å². The van der Waals surface area contributed by atoms with Crippen LogP contribution in [-0.4, -0.2) is 11.5 Å². The summed E-state index contributed by atoms with van der Waals surface area (Å²) >= 11 is 0. The maximum Gasteiger partial charge on any atom is 0.333 e. The Hall–Kier alpha value is -2.56. The lowest BCUT2D eigenvalue weighted by Gasteiger charge is -2.10. The van der Waals surface area contributed by atoms with E-state index < -0.39 is 4.92 Å². The van der Waals surface area contributed by atoms with Gasteiger partial charge in [0.15, 0.2) is 5.75 Å². The van der Waals surface area contributed by atoms with E-state index in [0.717, 1.165) is 5.56 Å². The average Bonchev–Trinajstić information content (AvgIpc) is 2.46. The number of nitro groups is 1. The molecule has 0 amide bonds. The molecule has 0 unspecified atom stereocenters. The zero-order valence-electron chi connectivity index (χ0n) is 11.2. The summed E-state index contributed by atoms with van der Waals surface area (Å²) in [4.78, 5) is 10.8. The Kier molecular flexibility index (Phi) is 4.55. The Balaban J connectivity index is 2.22. The van der Waals surface area contributed by atoms with Crippen LogP contribution in [-0.2, 0) is 6.61 Å². The van der Waals surface area contributed by atoms with Crippen molar-refractivity contribution in [1.82, 2.24) is 0 Å². The predicted molar refractivity (Wildman–Crippen MR) is 78.0 cm³/mol. The minimum absolute atomic E-state index is 0.0229. The van der Waals surface area contributed by atoms with Gasteiger partial charge in [0.05, 0.1) is 4.92 Å². The zero-order chi connectivity index (χ0) is 14.4. The van der Waals surface area contributed by atoms with Crippen molar-refractivity contribution in [2.75, 3.05) is 11.9 Å². The van der Waals surface area contributed by atoms with Gasteiger partial charge in [0.1, 0.15) is 12.3 Å². The third-order valence-electron chi connectivity index (χ3n) is 2.79. The Bertz CT molecular complexity index is 585. The lowest BCUT2D eigenvalue weighted by molar-refractivity contribution is -0.385. The maximum absolute atomic E-state index is 11.2. The topological polar surface area (TPSA) is 64.4 Å². The summed E-state index contributed by atoms with van der Waals surface area (Å²) in [5, 5.41) is 14.2. The Morgan fingerprint density at radius 2 is 1.90 bits per heavy atom. The molecule has 0 radical (unpaired) electrons. The van der Waals surface area contributed by atoms with Gasteiger partial charge in [-0.05, 0) is 24.6 Å². The van der Waals surface area contributed by atoms with E-state index in [9.17, 15) is 10.1 Å². The number of para-hydroxylation sites is 1. The number of ether oxygens (including phenoxy) is 1.